The second-order valence-electron chi connectivity index (χ2n) is 5.35. The van der Waals surface area contributed by atoms with E-state index in [9.17, 15) is 0 Å². The monoisotopic (exact) mass is 315 g/mol. The zero-order chi connectivity index (χ0) is 16.8. The van der Waals surface area contributed by atoms with E-state index in [1.54, 1.807) is 6.07 Å². The first-order chi connectivity index (χ1) is 11.8. The van der Waals surface area contributed by atoms with Gasteiger partial charge in [-0.15, -0.1) is 0 Å². The van der Waals surface area contributed by atoms with Gasteiger partial charge in [0.25, 0.3) is 0 Å². The number of hydrogen-bond donors (Lipinski definition) is 2. The van der Waals surface area contributed by atoms with Crippen molar-refractivity contribution in [1.82, 2.24) is 9.97 Å². The first kappa shape index (κ1) is 15.5. The Hall–Kier alpha value is -3.39. The first-order valence-corrected chi connectivity index (χ1v) is 7.66. The average Bonchev–Trinajstić information content (AvgIpc) is 2.63. The van der Waals surface area contributed by atoms with Crippen LogP contribution in [0.5, 0.6) is 0 Å². The van der Waals surface area contributed by atoms with Crippen LogP contribution in [0.4, 0.5) is 17.3 Å². The minimum absolute atomic E-state index is 0.125. The molecule has 24 heavy (non-hydrogen) atoms. The van der Waals surface area contributed by atoms with Crippen LogP contribution in [-0.4, -0.2) is 9.97 Å². The number of para-hydroxylation sites is 1. The molecule has 3 aromatic rings. The van der Waals surface area contributed by atoms with Crippen LogP contribution in [0.15, 0.2) is 67.0 Å². The SMILES string of the molecule is CC(Nc1cc(Nc2ccccc2C#N)ncn1)c1ccccc1. The van der Waals surface area contributed by atoms with E-state index in [4.69, 9.17) is 5.26 Å². The summed E-state index contributed by atoms with van der Waals surface area (Å²) in [6.07, 6.45) is 1.50. The maximum atomic E-state index is 9.16. The smallest absolute Gasteiger partial charge is 0.135 e. The third-order valence-corrected chi connectivity index (χ3v) is 3.64. The second kappa shape index (κ2) is 7.25. The minimum Gasteiger partial charge on any atom is -0.363 e. The van der Waals surface area contributed by atoms with Crippen molar-refractivity contribution in [2.75, 3.05) is 10.6 Å². The zero-order valence-electron chi connectivity index (χ0n) is 13.3. The van der Waals surface area contributed by atoms with Crippen LogP contribution in [0.25, 0.3) is 0 Å². The number of benzene rings is 2. The van der Waals surface area contributed by atoms with Crippen molar-refractivity contribution in [1.29, 1.82) is 5.26 Å². The molecule has 1 aromatic heterocycles. The second-order valence-corrected chi connectivity index (χ2v) is 5.35. The van der Waals surface area contributed by atoms with Crippen LogP contribution in [0.1, 0.15) is 24.1 Å². The minimum atomic E-state index is 0.125. The molecule has 5 heteroatoms. The maximum absolute atomic E-state index is 9.16. The van der Waals surface area contributed by atoms with Gasteiger partial charge in [0, 0.05) is 12.1 Å². The quantitative estimate of drug-likeness (QED) is 0.735. The maximum Gasteiger partial charge on any atom is 0.135 e. The van der Waals surface area contributed by atoms with Crippen molar-refractivity contribution in [3.05, 3.63) is 78.1 Å². The molecule has 1 unspecified atom stereocenters. The van der Waals surface area contributed by atoms with E-state index in [0.29, 0.717) is 11.4 Å². The van der Waals surface area contributed by atoms with Crippen molar-refractivity contribution in [2.45, 2.75) is 13.0 Å². The molecule has 2 aromatic carbocycles. The van der Waals surface area contributed by atoms with E-state index in [1.165, 1.54) is 11.9 Å². The Morgan fingerprint density at radius 1 is 0.958 bits per heavy atom. The summed E-state index contributed by atoms with van der Waals surface area (Å²) < 4.78 is 0. The molecular weight excluding hydrogens is 298 g/mol. The molecule has 0 amide bonds. The molecule has 1 heterocycles. The molecule has 0 fully saturated rings. The first-order valence-electron chi connectivity index (χ1n) is 7.66. The molecule has 0 aliphatic heterocycles. The van der Waals surface area contributed by atoms with E-state index < -0.39 is 0 Å². The molecule has 0 bridgehead atoms. The van der Waals surface area contributed by atoms with Crippen LogP contribution < -0.4 is 10.6 Å². The van der Waals surface area contributed by atoms with Gasteiger partial charge in [-0.25, -0.2) is 9.97 Å². The fourth-order valence-electron chi connectivity index (χ4n) is 2.38. The molecule has 3 rings (SSSR count). The normalized spacial score (nSPS) is 11.3. The molecule has 0 spiro atoms. The number of rotatable bonds is 5. The summed E-state index contributed by atoms with van der Waals surface area (Å²) in [5.41, 5.74) is 2.48. The summed E-state index contributed by atoms with van der Waals surface area (Å²) >= 11 is 0. The topological polar surface area (TPSA) is 73.6 Å². The fraction of sp³-hybridized carbons (Fsp3) is 0.105. The highest BCUT2D eigenvalue weighted by Gasteiger charge is 2.07. The van der Waals surface area contributed by atoms with Crippen LogP contribution in [0.2, 0.25) is 0 Å². The summed E-state index contributed by atoms with van der Waals surface area (Å²) in [6, 6.07) is 21.6. The Labute approximate surface area is 141 Å². The fourth-order valence-corrected chi connectivity index (χ4v) is 2.38. The lowest BCUT2D eigenvalue weighted by molar-refractivity contribution is 0.872. The summed E-state index contributed by atoms with van der Waals surface area (Å²) in [5, 5.41) is 15.7. The van der Waals surface area contributed by atoms with Gasteiger partial charge < -0.3 is 10.6 Å². The van der Waals surface area contributed by atoms with Crippen LogP contribution >= 0.6 is 0 Å². The Morgan fingerprint density at radius 2 is 1.67 bits per heavy atom. The van der Waals surface area contributed by atoms with Crippen LogP contribution in [0, 0.1) is 11.3 Å². The molecule has 118 valence electrons. The third kappa shape index (κ3) is 3.68. The highest BCUT2D eigenvalue weighted by atomic mass is 15.1. The molecular formula is C19H17N5. The van der Waals surface area contributed by atoms with Gasteiger partial charge >= 0.3 is 0 Å². The highest BCUT2D eigenvalue weighted by molar-refractivity contribution is 5.65. The molecule has 0 saturated carbocycles. The van der Waals surface area contributed by atoms with E-state index in [1.807, 2.05) is 42.5 Å². The number of anilines is 3. The molecule has 5 nitrogen and oxygen atoms in total. The summed E-state index contributed by atoms with van der Waals surface area (Å²) in [5.74, 6) is 1.36. The zero-order valence-corrected chi connectivity index (χ0v) is 13.3. The predicted molar refractivity (Wildman–Crippen MR) is 95.0 cm³/mol. The van der Waals surface area contributed by atoms with E-state index in [-0.39, 0.29) is 6.04 Å². The number of nitrogens with one attached hydrogen (secondary N) is 2. The molecule has 1 atom stereocenters. The van der Waals surface area contributed by atoms with Gasteiger partial charge in [-0.3, -0.25) is 0 Å². The average molecular weight is 315 g/mol. The van der Waals surface area contributed by atoms with Crippen LogP contribution in [-0.2, 0) is 0 Å². The Bertz CT molecular complexity index is 855. The number of aromatic nitrogens is 2. The van der Waals surface area contributed by atoms with Crippen molar-refractivity contribution in [3.8, 4) is 6.07 Å². The molecule has 0 saturated heterocycles. The summed E-state index contributed by atoms with van der Waals surface area (Å²) in [7, 11) is 0. The van der Waals surface area contributed by atoms with Crippen molar-refractivity contribution in [3.63, 3.8) is 0 Å². The number of nitrogens with zero attached hydrogens (tertiary/aromatic N) is 3. The lowest BCUT2D eigenvalue weighted by Gasteiger charge is -2.15. The third-order valence-electron chi connectivity index (χ3n) is 3.64. The summed E-state index contributed by atoms with van der Waals surface area (Å²) in [4.78, 5) is 8.48. The standard InChI is InChI=1S/C19H17N5/c1-14(15-7-3-2-4-8-15)23-18-11-19(22-13-21-18)24-17-10-6-5-9-16(17)12-20/h2-11,13-14H,1H3,(H2,21,22,23,24). The highest BCUT2D eigenvalue weighted by Crippen LogP contribution is 2.22. The Balaban J connectivity index is 1.76. The summed E-state index contributed by atoms with van der Waals surface area (Å²) in [6.45, 7) is 2.08. The number of hydrogen-bond acceptors (Lipinski definition) is 5. The lowest BCUT2D eigenvalue weighted by atomic mass is 10.1. The molecule has 2 N–H and O–H groups in total. The van der Waals surface area contributed by atoms with E-state index in [2.05, 4.69) is 45.7 Å². The number of nitriles is 1. The van der Waals surface area contributed by atoms with Gasteiger partial charge in [-0.2, -0.15) is 5.26 Å². The van der Waals surface area contributed by atoms with Gasteiger partial charge in [-0.1, -0.05) is 42.5 Å². The molecule has 0 aliphatic rings. The molecule has 0 radical (unpaired) electrons. The van der Waals surface area contributed by atoms with Gasteiger partial charge in [0.2, 0.25) is 0 Å². The van der Waals surface area contributed by atoms with Crippen molar-refractivity contribution in [2.24, 2.45) is 0 Å². The van der Waals surface area contributed by atoms with Gasteiger partial charge in [0.1, 0.15) is 24.0 Å². The van der Waals surface area contributed by atoms with Crippen molar-refractivity contribution >= 4 is 17.3 Å². The van der Waals surface area contributed by atoms with E-state index >= 15 is 0 Å². The van der Waals surface area contributed by atoms with Gasteiger partial charge in [0.05, 0.1) is 11.3 Å². The molecule has 0 aliphatic carbocycles. The van der Waals surface area contributed by atoms with Gasteiger partial charge in [-0.05, 0) is 24.6 Å². The van der Waals surface area contributed by atoms with Crippen LogP contribution in [0.3, 0.4) is 0 Å². The lowest BCUT2D eigenvalue weighted by Crippen LogP contribution is -2.08. The van der Waals surface area contributed by atoms with E-state index in [0.717, 1.165) is 11.5 Å². The Morgan fingerprint density at radius 3 is 2.46 bits per heavy atom. The Kier molecular flexibility index (Phi) is 4.68. The van der Waals surface area contributed by atoms with Gasteiger partial charge in [0.15, 0.2) is 0 Å². The van der Waals surface area contributed by atoms with Crippen molar-refractivity contribution < 1.29 is 0 Å². The largest absolute Gasteiger partial charge is 0.363 e. The predicted octanol–water partition coefficient (Wildman–Crippen LogP) is 4.26.